The zero-order chi connectivity index (χ0) is 13.8. The molecule has 0 unspecified atom stereocenters. The Morgan fingerprint density at radius 3 is 2.79 bits per heavy atom. The maximum atomic E-state index is 13.0. The Labute approximate surface area is 106 Å². The van der Waals surface area contributed by atoms with E-state index in [1.807, 2.05) is 0 Å². The molecule has 1 heterocycles. The minimum Gasteiger partial charge on any atom is -0.398 e. The normalized spacial score (nSPS) is 10.4. The molecule has 19 heavy (non-hydrogen) atoms. The van der Waals surface area contributed by atoms with Gasteiger partial charge in [0.15, 0.2) is 18.0 Å². The molecule has 3 N–H and O–H groups in total. The average molecular weight is 268 g/mol. The molecule has 1 aromatic heterocycles. The second-order valence-electron chi connectivity index (χ2n) is 3.69. The van der Waals surface area contributed by atoms with Gasteiger partial charge in [0.2, 0.25) is 5.89 Å². The first-order chi connectivity index (χ1) is 9.08. The molecule has 0 aliphatic rings. The molecule has 0 aliphatic carbocycles. The fraction of sp³-hybridized carbons (Fsp3) is 0.182. The monoisotopic (exact) mass is 268 g/mol. The lowest BCUT2D eigenvalue weighted by atomic mass is 10.1. The summed E-state index contributed by atoms with van der Waals surface area (Å²) in [6.45, 7) is 0.208. The van der Waals surface area contributed by atoms with Crippen LogP contribution < -0.4 is 11.1 Å². The van der Waals surface area contributed by atoms with Crippen molar-refractivity contribution in [2.75, 3.05) is 12.3 Å². The maximum Gasteiger partial charge on any atom is 0.253 e. The zero-order valence-corrected chi connectivity index (χ0v) is 9.69. The van der Waals surface area contributed by atoms with Crippen molar-refractivity contribution in [2.24, 2.45) is 0 Å². The number of benzene rings is 1. The molecular weight excluding hydrogens is 258 g/mol. The van der Waals surface area contributed by atoms with Gasteiger partial charge in [0, 0.05) is 24.7 Å². The number of nitrogens with two attached hydrogens (primary N) is 1. The molecule has 0 bridgehead atoms. The van der Waals surface area contributed by atoms with Gasteiger partial charge < -0.3 is 15.6 Å². The van der Waals surface area contributed by atoms with E-state index >= 15 is 0 Å². The number of nitrogens with zero attached hydrogens (tertiary/aromatic N) is 2. The fourth-order valence-electron chi connectivity index (χ4n) is 1.44. The van der Waals surface area contributed by atoms with E-state index in [0.717, 1.165) is 12.1 Å². The first-order valence-corrected chi connectivity index (χ1v) is 5.36. The van der Waals surface area contributed by atoms with E-state index in [2.05, 4.69) is 15.5 Å². The summed E-state index contributed by atoms with van der Waals surface area (Å²) >= 11 is 0. The fourth-order valence-corrected chi connectivity index (χ4v) is 1.44. The summed E-state index contributed by atoms with van der Waals surface area (Å²) in [5, 5.41) is 5.89. The summed E-state index contributed by atoms with van der Waals surface area (Å²) in [5.74, 6) is -2.47. The summed E-state index contributed by atoms with van der Waals surface area (Å²) in [4.78, 5) is 15.5. The van der Waals surface area contributed by atoms with Gasteiger partial charge in [0.1, 0.15) is 0 Å². The van der Waals surface area contributed by atoms with Gasteiger partial charge >= 0.3 is 0 Å². The highest BCUT2D eigenvalue weighted by Gasteiger charge is 2.14. The number of hydrogen-bond donors (Lipinski definition) is 2. The van der Waals surface area contributed by atoms with Crippen LogP contribution in [0.5, 0.6) is 0 Å². The number of hydrogen-bond acceptors (Lipinski definition) is 5. The van der Waals surface area contributed by atoms with E-state index in [1.54, 1.807) is 0 Å². The molecule has 2 rings (SSSR count). The van der Waals surface area contributed by atoms with E-state index in [4.69, 9.17) is 10.3 Å². The number of carbonyl (C=O) groups is 1. The molecule has 0 fully saturated rings. The molecule has 8 heteroatoms. The van der Waals surface area contributed by atoms with E-state index < -0.39 is 17.5 Å². The SMILES string of the molecule is Nc1cc(F)c(F)cc1C(=O)NCCc1ncno1. The lowest BCUT2D eigenvalue weighted by molar-refractivity contribution is 0.0954. The van der Waals surface area contributed by atoms with Gasteiger partial charge in [0.25, 0.3) is 5.91 Å². The third kappa shape index (κ3) is 3.03. The lowest BCUT2D eigenvalue weighted by Crippen LogP contribution is -2.26. The van der Waals surface area contributed by atoms with E-state index in [9.17, 15) is 13.6 Å². The van der Waals surface area contributed by atoms with Crippen LogP contribution in [-0.2, 0) is 6.42 Å². The van der Waals surface area contributed by atoms with E-state index in [1.165, 1.54) is 6.33 Å². The summed E-state index contributed by atoms with van der Waals surface area (Å²) < 4.78 is 30.6. The first kappa shape index (κ1) is 12.9. The molecule has 100 valence electrons. The Bertz CT molecular complexity index is 587. The van der Waals surface area contributed by atoms with Crippen molar-refractivity contribution in [3.05, 3.63) is 41.5 Å². The third-order valence-corrected chi connectivity index (χ3v) is 2.37. The standard InChI is InChI=1S/C11H10F2N4O2/c12-7-3-6(9(14)4-8(7)13)11(18)15-2-1-10-16-5-17-19-10/h3-5H,1-2,14H2,(H,15,18). The number of anilines is 1. The summed E-state index contributed by atoms with van der Waals surface area (Å²) in [6.07, 6.45) is 1.57. The van der Waals surface area contributed by atoms with Crippen molar-refractivity contribution in [3.8, 4) is 0 Å². The van der Waals surface area contributed by atoms with Gasteiger partial charge in [-0.25, -0.2) is 8.78 Å². The van der Waals surface area contributed by atoms with Crippen LogP contribution in [0.15, 0.2) is 23.0 Å². The molecule has 0 spiro atoms. The lowest BCUT2D eigenvalue weighted by Gasteiger charge is -2.07. The van der Waals surface area contributed by atoms with E-state index in [-0.39, 0.29) is 17.8 Å². The molecule has 1 aromatic carbocycles. The number of nitrogens with one attached hydrogen (secondary N) is 1. The molecular formula is C11H10F2N4O2. The Kier molecular flexibility index (Phi) is 3.69. The summed E-state index contributed by atoms with van der Waals surface area (Å²) in [6, 6.07) is 1.52. The van der Waals surface area contributed by atoms with Crippen molar-refractivity contribution in [3.63, 3.8) is 0 Å². The predicted molar refractivity (Wildman–Crippen MR) is 61.1 cm³/mol. The Balaban J connectivity index is 1.98. The average Bonchev–Trinajstić information content (AvgIpc) is 2.86. The second kappa shape index (κ2) is 5.42. The van der Waals surface area contributed by atoms with Gasteiger partial charge in [0.05, 0.1) is 5.56 Å². The Morgan fingerprint density at radius 2 is 2.11 bits per heavy atom. The van der Waals surface area contributed by atoms with Crippen molar-refractivity contribution < 1.29 is 18.1 Å². The van der Waals surface area contributed by atoms with Crippen LogP contribution in [0.2, 0.25) is 0 Å². The molecule has 0 radical (unpaired) electrons. The highest BCUT2D eigenvalue weighted by atomic mass is 19.2. The van der Waals surface area contributed by atoms with Crippen LogP contribution >= 0.6 is 0 Å². The van der Waals surface area contributed by atoms with Crippen LogP contribution in [0.4, 0.5) is 14.5 Å². The number of halogens is 2. The quantitative estimate of drug-likeness (QED) is 0.803. The second-order valence-corrected chi connectivity index (χ2v) is 3.69. The van der Waals surface area contributed by atoms with Crippen molar-refractivity contribution in [1.29, 1.82) is 0 Å². The minimum atomic E-state index is -1.13. The molecule has 1 amide bonds. The molecule has 2 aromatic rings. The van der Waals surface area contributed by atoms with Crippen LogP contribution in [0, 0.1) is 11.6 Å². The molecule has 6 nitrogen and oxygen atoms in total. The van der Waals surface area contributed by atoms with Gasteiger partial charge in [-0.2, -0.15) is 4.98 Å². The van der Waals surface area contributed by atoms with Gasteiger partial charge in [-0.05, 0) is 6.07 Å². The zero-order valence-electron chi connectivity index (χ0n) is 9.69. The molecule has 0 saturated carbocycles. The first-order valence-electron chi connectivity index (χ1n) is 5.36. The topological polar surface area (TPSA) is 94.0 Å². The van der Waals surface area contributed by atoms with Crippen molar-refractivity contribution in [1.82, 2.24) is 15.5 Å². The smallest absolute Gasteiger partial charge is 0.253 e. The van der Waals surface area contributed by atoms with Crippen LogP contribution in [0.25, 0.3) is 0 Å². The molecule has 0 saturated heterocycles. The van der Waals surface area contributed by atoms with E-state index in [0.29, 0.717) is 12.3 Å². The maximum absolute atomic E-state index is 13.0. The number of nitrogen functional groups attached to an aromatic ring is 1. The number of amides is 1. The number of aromatic nitrogens is 2. The summed E-state index contributed by atoms with van der Waals surface area (Å²) in [7, 11) is 0. The highest BCUT2D eigenvalue weighted by molar-refractivity contribution is 5.99. The predicted octanol–water partition coefficient (Wildman–Crippen LogP) is 0.903. The largest absolute Gasteiger partial charge is 0.398 e. The number of carbonyl (C=O) groups excluding carboxylic acids is 1. The number of rotatable bonds is 4. The van der Waals surface area contributed by atoms with Crippen LogP contribution in [0.1, 0.15) is 16.2 Å². The molecule has 0 aliphatic heterocycles. The van der Waals surface area contributed by atoms with Crippen molar-refractivity contribution in [2.45, 2.75) is 6.42 Å². The van der Waals surface area contributed by atoms with Gasteiger partial charge in [-0.15, -0.1) is 0 Å². The minimum absolute atomic E-state index is 0.121. The van der Waals surface area contributed by atoms with Crippen molar-refractivity contribution >= 4 is 11.6 Å². The highest BCUT2D eigenvalue weighted by Crippen LogP contribution is 2.16. The van der Waals surface area contributed by atoms with Gasteiger partial charge in [-0.1, -0.05) is 5.16 Å². The Morgan fingerprint density at radius 1 is 1.37 bits per heavy atom. The van der Waals surface area contributed by atoms with Crippen LogP contribution in [0.3, 0.4) is 0 Å². The van der Waals surface area contributed by atoms with Gasteiger partial charge in [-0.3, -0.25) is 4.79 Å². The molecule has 0 atom stereocenters. The third-order valence-electron chi connectivity index (χ3n) is 2.37. The summed E-state index contributed by atoms with van der Waals surface area (Å²) in [5.41, 5.74) is 5.20. The Hall–Kier alpha value is -2.51. The van der Waals surface area contributed by atoms with Crippen LogP contribution in [-0.4, -0.2) is 22.6 Å².